The maximum absolute atomic E-state index is 12.6. The standard InChI is InChI=1S/C21H32N2O3/c1-15(2)14-20(24)22-10-12-23(13-11-22)21(25)17(5)26-19-8-6-18(7-9-19)16(3)4/h6-9,15-17H,10-14H2,1-5H3. The van der Waals surface area contributed by atoms with Gasteiger partial charge in [-0.05, 0) is 36.5 Å². The zero-order valence-corrected chi connectivity index (χ0v) is 16.7. The quantitative estimate of drug-likeness (QED) is 0.782. The van der Waals surface area contributed by atoms with Gasteiger partial charge in [0.15, 0.2) is 6.10 Å². The summed E-state index contributed by atoms with van der Waals surface area (Å²) in [6.07, 6.45) is 0.0395. The van der Waals surface area contributed by atoms with Crippen LogP contribution in [0, 0.1) is 5.92 Å². The maximum Gasteiger partial charge on any atom is 0.263 e. The van der Waals surface area contributed by atoms with E-state index in [4.69, 9.17) is 4.74 Å². The van der Waals surface area contributed by atoms with Gasteiger partial charge in [0.1, 0.15) is 5.75 Å². The molecule has 144 valence electrons. The fraction of sp³-hybridized carbons (Fsp3) is 0.619. The van der Waals surface area contributed by atoms with Gasteiger partial charge in [-0.15, -0.1) is 0 Å². The van der Waals surface area contributed by atoms with Crippen molar-refractivity contribution in [1.29, 1.82) is 0 Å². The molecule has 2 rings (SSSR count). The van der Waals surface area contributed by atoms with Crippen LogP contribution in [0.4, 0.5) is 0 Å². The molecule has 2 amide bonds. The predicted molar refractivity (Wildman–Crippen MR) is 103 cm³/mol. The monoisotopic (exact) mass is 360 g/mol. The van der Waals surface area contributed by atoms with Gasteiger partial charge in [-0.3, -0.25) is 9.59 Å². The van der Waals surface area contributed by atoms with Crippen molar-refractivity contribution in [1.82, 2.24) is 9.80 Å². The van der Waals surface area contributed by atoms with E-state index >= 15 is 0 Å². The Kier molecular flexibility index (Phi) is 7.06. The summed E-state index contributed by atoms with van der Waals surface area (Å²) >= 11 is 0. The van der Waals surface area contributed by atoms with E-state index in [1.54, 1.807) is 11.8 Å². The summed E-state index contributed by atoms with van der Waals surface area (Å²) in [6.45, 7) is 12.5. The largest absolute Gasteiger partial charge is 0.481 e. The molecule has 0 bridgehead atoms. The molecule has 26 heavy (non-hydrogen) atoms. The van der Waals surface area contributed by atoms with E-state index in [1.807, 2.05) is 43.0 Å². The first-order valence-corrected chi connectivity index (χ1v) is 9.61. The number of benzene rings is 1. The van der Waals surface area contributed by atoms with Crippen LogP contribution in [0.3, 0.4) is 0 Å². The first-order valence-electron chi connectivity index (χ1n) is 9.61. The first-order chi connectivity index (χ1) is 12.3. The van der Waals surface area contributed by atoms with Crippen LogP contribution < -0.4 is 4.74 Å². The molecule has 1 aliphatic rings. The molecule has 0 saturated carbocycles. The first kappa shape index (κ1) is 20.3. The highest BCUT2D eigenvalue weighted by atomic mass is 16.5. The van der Waals surface area contributed by atoms with Crippen molar-refractivity contribution in [2.75, 3.05) is 26.2 Å². The molecule has 1 aliphatic heterocycles. The van der Waals surface area contributed by atoms with Crippen LogP contribution >= 0.6 is 0 Å². The fourth-order valence-corrected chi connectivity index (χ4v) is 3.10. The van der Waals surface area contributed by atoms with Gasteiger partial charge in [-0.1, -0.05) is 39.8 Å². The summed E-state index contributed by atoms with van der Waals surface area (Å²) in [7, 11) is 0. The summed E-state index contributed by atoms with van der Waals surface area (Å²) in [5.41, 5.74) is 1.25. The van der Waals surface area contributed by atoms with Crippen molar-refractivity contribution in [3.63, 3.8) is 0 Å². The van der Waals surface area contributed by atoms with E-state index in [0.717, 1.165) is 0 Å². The maximum atomic E-state index is 12.6. The van der Waals surface area contributed by atoms with Gasteiger partial charge in [0.05, 0.1) is 0 Å². The summed E-state index contributed by atoms with van der Waals surface area (Å²) in [6, 6.07) is 7.91. The second kappa shape index (κ2) is 9.06. The minimum Gasteiger partial charge on any atom is -0.481 e. The van der Waals surface area contributed by atoms with Gasteiger partial charge < -0.3 is 14.5 Å². The lowest BCUT2D eigenvalue weighted by Gasteiger charge is -2.36. The van der Waals surface area contributed by atoms with E-state index in [1.165, 1.54) is 5.56 Å². The van der Waals surface area contributed by atoms with E-state index in [0.29, 0.717) is 50.2 Å². The molecule has 0 aliphatic carbocycles. The van der Waals surface area contributed by atoms with Gasteiger partial charge in [0.2, 0.25) is 5.91 Å². The third-order valence-corrected chi connectivity index (χ3v) is 4.73. The Morgan fingerprint density at radius 1 is 0.923 bits per heavy atom. The molecule has 1 aromatic rings. The van der Waals surface area contributed by atoms with E-state index in [-0.39, 0.29) is 11.8 Å². The zero-order valence-electron chi connectivity index (χ0n) is 16.7. The average Bonchev–Trinajstić information content (AvgIpc) is 2.61. The number of amides is 2. The van der Waals surface area contributed by atoms with Crippen LogP contribution in [0.15, 0.2) is 24.3 Å². The molecule has 5 heteroatoms. The Bertz CT molecular complexity index is 602. The van der Waals surface area contributed by atoms with Crippen LogP contribution in [-0.4, -0.2) is 53.9 Å². The van der Waals surface area contributed by atoms with Gasteiger partial charge in [0, 0.05) is 32.6 Å². The Labute approximate surface area is 157 Å². The molecule has 0 spiro atoms. The van der Waals surface area contributed by atoms with Gasteiger partial charge >= 0.3 is 0 Å². The van der Waals surface area contributed by atoms with Crippen LogP contribution in [0.5, 0.6) is 5.75 Å². The molecular formula is C21H32N2O3. The van der Waals surface area contributed by atoms with Crippen molar-refractivity contribution >= 4 is 11.8 Å². The smallest absolute Gasteiger partial charge is 0.263 e. The lowest BCUT2D eigenvalue weighted by molar-refractivity contribution is -0.144. The number of carbonyl (C=O) groups is 2. The summed E-state index contributed by atoms with van der Waals surface area (Å²) in [4.78, 5) is 28.4. The molecule has 0 aromatic heterocycles. The number of carbonyl (C=O) groups excluding carboxylic acids is 2. The summed E-state index contributed by atoms with van der Waals surface area (Å²) < 4.78 is 5.82. The fourth-order valence-electron chi connectivity index (χ4n) is 3.10. The summed E-state index contributed by atoms with van der Waals surface area (Å²) in [5.74, 6) is 1.70. The molecule has 1 atom stereocenters. The van der Waals surface area contributed by atoms with Crippen LogP contribution in [0.2, 0.25) is 0 Å². The highest BCUT2D eigenvalue weighted by Gasteiger charge is 2.27. The van der Waals surface area contributed by atoms with E-state index < -0.39 is 6.10 Å². The second-order valence-electron chi connectivity index (χ2n) is 7.79. The van der Waals surface area contributed by atoms with Crippen LogP contribution in [0.25, 0.3) is 0 Å². The lowest BCUT2D eigenvalue weighted by atomic mass is 10.0. The highest BCUT2D eigenvalue weighted by molar-refractivity contribution is 5.81. The Hall–Kier alpha value is -2.04. The van der Waals surface area contributed by atoms with Gasteiger partial charge in [-0.2, -0.15) is 0 Å². The van der Waals surface area contributed by atoms with Crippen molar-refractivity contribution in [3.05, 3.63) is 29.8 Å². The van der Waals surface area contributed by atoms with E-state index in [9.17, 15) is 9.59 Å². The molecule has 1 aromatic carbocycles. The highest BCUT2D eigenvalue weighted by Crippen LogP contribution is 2.20. The minimum atomic E-state index is -0.530. The Morgan fingerprint density at radius 3 is 1.96 bits per heavy atom. The lowest BCUT2D eigenvalue weighted by Crippen LogP contribution is -2.53. The number of hydrogen-bond acceptors (Lipinski definition) is 3. The third kappa shape index (κ3) is 5.48. The molecule has 0 radical (unpaired) electrons. The number of piperazine rings is 1. The van der Waals surface area contributed by atoms with Crippen molar-refractivity contribution in [2.24, 2.45) is 5.92 Å². The topological polar surface area (TPSA) is 49.9 Å². The number of hydrogen-bond donors (Lipinski definition) is 0. The average molecular weight is 360 g/mol. The third-order valence-electron chi connectivity index (χ3n) is 4.73. The SMILES string of the molecule is CC(C)CC(=O)N1CCN(C(=O)C(C)Oc2ccc(C(C)C)cc2)CC1. The number of ether oxygens (including phenoxy) is 1. The zero-order chi connectivity index (χ0) is 19.3. The van der Waals surface area contributed by atoms with Crippen LogP contribution in [0.1, 0.15) is 52.5 Å². The molecule has 1 fully saturated rings. The van der Waals surface area contributed by atoms with Crippen molar-refractivity contribution < 1.29 is 14.3 Å². The minimum absolute atomic E-state index is 0.0195. The summed E-state index contributed by atoms with van der Waals surface area (Å²) in [5, 5.41) is 0. The molecule has 0 N–H and O–H groups in total. The van der Waals surface area contributed by atoms with Crippen molar-refractivity contribution in [2.45, 2.75) is 53.1 Å². The predicted octanol–water partition coefficient (Wildman–Crippen LogP) is 3.29. The number of nitrogens with zero attached hydrogens (tertiary/aromatic N) is 2. The number of rotatable bonds is 6. The van der Waals surface area contributed by atoms with Gasteiger partial charge in [-0.25, -0.2) is 0 Å². The Balaban J connectivity index is 1.84. The molecule has 1 unspecified atom stereocenters. The molecular weight excluding hydrogens is 328 g/mol. The Morgan fingerprint density at radius 2 is 1.46 bits per heavy atom. The normalized spacial score (nSPS) is 16.1. The molecule has 1 heterocycles. The van der Waals surface area contributed by atoms with Gasteiger partial charge in [0.25, 0.3) is 5.91 Å². The van der Waals surface area contributed by atoms with Crippen LogP contribution in [-0.2, 0) is 9.59 Å². The molecule has 1 saturated heterocycles. The second-order valence-corrected chi connectivity index (χ2v) is 7.79. The van der Waals surface area contributed by atoms with Crippen molar-refractivity contribution in [3.8, 4) is 5.75 Å². The van der Waals surface area contributed by atoms with E-state index in [2.05, 4.69) is 13.8 Å². The molecule has 5 nitrogen and oxygen atoms in total.